The molecule has 0 aliphatic heterocycles. The Morgan fingerprint density at radius 2 is 1.90 bits per heavy atom. The van der Waals surface area contributed by atoms with E-state index in [0.717, 1.165) is 12.0 Å². The molecule has 0 spiro atoms. The van der Waals surface area contributed by atoms with E-state index in [1.54, 1.807) is 12.1 Å². The monoisotopic (exact) mass is 286 g/mol. The van der Waals surface area contributed by atoms with Gasteiger partial charge in [0.15, 0.2) is 0 Å². The zero-order chi connectivity index (χ0) is 15.1. The summed E-state index contributed by atoms with van der Waals surface area (Å²) >= 11 is 0. The predicted octanol–water partition coefficient (Wildman–Crippen LogP) is 2.90. The fourth-order valence-electron chi connectivity index (χ4n) is 1.99. The fraction of sp³-hybridized carbons (Fsp3) is 0.235. The molecular formula is C17H19FN2O. The summed E-state index contributed by atoms with van der Waals surface area (Å²) in [5, 5.41) is 5.61. The number of aryl methyl sites for hydroxylation is 1. The van der Waals surface area contributed by atoms with Crippen LogP contribution in [0.4, 0.5) is 10.1 Å². The number of rotatable bonds is 6. The van der Waals surface area contributed by atoms with E-state index in [4.69, 9.17) is 0 Å². The Hall–Kier alpha value is -2.36. The van der Waals surface area contributed by atoms with Gasteiger partial charge in [0.1, 0.15) is 5.82 Å². The molecule has 0 bridgehead atoms. The Labute approximate surface area is 124 Å². The highest BCUT2D eigenvalue weighted by Gasteiger charge is 2.04. The molecule has 0 saturated heterocycles. The Morgan fingerprint density at radius 1 is 1.14 bits per heavy atom. The molecule has 0 unspecified atom stereocenters. The molecule has 3 nitrogen and oxygen atoms in total. The fourth-order valence-corrected chi connectivity index (χ4v) is 1.99. The SMILES string of the molecule is Cc1ccc(NCC(=O)NCCc2ccccc2)c(F)c1. The topological polar surface area (TPSA) is 41.1 Å². The van der Waals surface area contributed by atoms with Gasteiger partial charge in [-0.25, -0.2) is 4.39 Å². The summed E-state index contributed by atoms with van der Waals surface area (Å²) in [5.74, 6) is -0.488. The van der Waals surface area contributed by atoms with E-state index < -0.39 is 0 Å². The number of halogens is 1. The molecule has 0 aliphatic rings. The van der Waals surface area contributed by atoms with Crippen LogP contribution in [0.3, 0.4) is 0 Å². The van der Waals surface area contributed by atoms with Crippen LogP contribution in [0, 0.1) is 12.7 Å². The molecule has 2 aromatic rings. The van der Waals surface area contributed by atoms with Crippen LogP contribution in [0.5, 0.6) is 0 Å². The lowest BCUT2D eigenvalue weighted by atomic mass is 10.1. The van der Waals surface area contributed by atoms with E-state index in [2.05, 4.69) is 10.6 Å². The number of benzene rings is 2. The molecule has 1 amide bonds. The van der Waals surface area contributed by atoms with Crippen molar-refractivity contribution >= 4 is 11.6 Å². The van der Waals surface area contributed by atoms with Gasteiger partial charge in [0, 0.05) is 6.54 Å². The molecular weight excluding hydrogens is 267 g/mol. The van der Waals surface area contributed by atoms with Crippen molar-refractivity contribution in [2.45, 2.75) is 13.3 Å². The van der Waals surface area contributed by atoms with E-state index >= 15 is 0 Å². The van der Waals surface area contributed by atoms with Gasteiger partial charge in [0.05, 0.1) is 12.2 Å². The summed E-state index contributed by atoms with van der Waals surface area (Å²) < 4.78 is 13.6. The number of nitrogens with one attached hydrogen (secondary N) is 2. The normalized spacial score (nSPS) is 10.2. The van der Waals surface area contributed by atoms with Gasteiger partial charge in [-0.15, -0.1) is 0 Å². The maximum Gasteiger partial charge on any atom is 0.239 e. The van der Waals surface area contributed by atoms with Crippen molar-refractivity contribution in [3.8, 4) is 0 Å². The quantitative estimate of drug-likeness (QED) is 0.857. The number of anilines is 1. The van der Waals surface area contributed by atoms with Crippen LogP contribution >= 0.6 is 0 Å². The van der Waals surface area contributed by atoms with Crippen molar-refractivity contribution in [1.82, 2.24) is 5.32 Å². The Balaban J connectivity index is 1.72. The minimum Gasteiger partial charge on any atom is -0.374 e. The highest BCUT2D eigenvalue weighted by molar-refractivity contribution is 5.80. The molecule has 2 N–H and O–H groups in total. The van der Waals surface area contributed by atoms with Crippen LogP contribution in [0.2, 0.25) is 0 Å². The highest BCUT2D eigenvalue weighted by atomic mass is 19.1. The van der Waals surface area contributed by atoms with Gasteiger partial charge >= 0.3 is 0 Å². The second kappa shape index (κ2) is 7.43. The minimum absolute atomic E-state index is 0.0643. The van der Waals surface area contributed by atoms with Crippen molar-refractivity contribution in [2.24, 2.45) is 0 Å². The predicted molar refractivity (Wildman–Crippen MR) is 82.8 cm³/mol. The third-order valence-corrected chi connectivity index (χ3v) is 3.14. The molecule has 0 radical (unpaired) electrons. The third-order valence-electron chi connectivity index (χ3n) is 3.14. The molecule has 2 rings (SSSR count). The van der Waals surface area contributed by atoms with Gasteiger partial charge in [-0.2, -0.15) is 0 Å². The van der Waals surface area contributed by atoms with Crippen LogP contribution in [0.15, 0.2) is 48.5 Å². The largest absolute Gasteiger partial charge is 0.374 e. The number of hydrogen-bond acceptors (Lipinski definition) is 2. The number of carbonyl (C=O) groups is 1. The first-order valence-corrected chi connectivity index (χ1v) is 6.96. The standard InChI is InChI=1S/C17H19FN2O/c1-13-7-8-16(15(18)11-13)20-12-17(21)19-10-9-14-5-3-2-4-6-14/h2-8,11,20H,9-10,12H2,1H3,(H,19,21). The Bertz CT molecular complexity index is 599. The second-order valence-corrected chi connectivity index (χ2v) is 4.92. The van der Waals surface area contributed by atoms with Crippen molar-refractivity contribution in [3.05, 3.63) is 65.5 Å². The van der Waals surface area contributed by atoms with Gasteiger partial charge in [-0.1, -0.05) is 36.4 Å². The molecule has 0 heterocycles. The van der Waals surface area contributed by atoms with E-state index in [1.807, 2.05) is 37.3 Å². The van der Waals surface area contributed by atoms with E-state index in [0.29, 0.717) is 12.2 Å². The smallest absolute Gasteiger partial charge is 0.239 e. The lowest BCUT2D eigenvalue weighted by Gasteiger charge is -2.09. The van der Waals surface area contributed by atoms with E-state index in [1.165, 1.54) is 11.6 Å². The Kier molecular flexibility index (Phi) is 5.32. The van der Waals surface area contributed by atoms with Gasteiger partial charge in [0.25, 0.3) is 0 Å². The zero-order valence-electron chi connectivity index (χ0n) is 12.0. The maximum absolute atomic E-state index is 13.6. The van der Waals surface area contributed by atoms with Crippen molar-refractivity contribution < 1.29 is 9.18 Å². The average molecular weight is 286 g/mol. The molecule has 4 heteroatoms. The van der Waals surface area contributed by atoms with Crippen LogP contribution < -0.4 is 10.6 Å². The van der Waals surface area contributed by atoms with Gasteiger partial charge in [0.2, 0.25) is 5.91 Å². The van der Waals surface area contributed by atoms with Gasteiger partial charge in [-0.3, -0.25) is 4.79 Å². The van der Waals surface area contributed by atoms with Crippen LogP contribution in [0.1, 0.15) is 11.1 Å². The minimum atomic E-state index is -0.341. The first-order valence-electron chi connectivity index (χ1n) is 6.96. The number of amides is 1. The molecule has 0 aromatic heterocycles. The lowest BCUT2D eigenvalue weighted by molar-refractivity contribution is -0.119. The maximum atomic E-state index is 13.6. The first-order chi connectivity index (χ1) is 10.1. The molecule has 2 aromatic carbocycles. The van der Waals surface area contributed by atoms with Crippen molar-refractivity contribution in [3.63, 3.8) is 0 Å². The van der Waals surface area contributed by atoms with Crippen LogP contribution in [0.25, 0.3) is 0 Å². The Morgan fingerprint density at radius 3 is 2.62 bits per heavy atom. The molecule has 21 heavy (non-hydrogen) atoms. The third kappa shape index (κ3) is 4.91. The van der Waals surface area contributed by atoms with Crippen molar-refractivity contribution in [2.75, 3.05) is 18.4 Å². The van der Waals surface area contributed by atoms with Crippen LogP contribution in [-0.4, -0.2) is 19.0 Å². The van der Waals surface area contributed by atoms with Crippen molar-refractivity contribution in [1.29, 1.82) is 0 Å². The summed E-state index contributed by atoms with van der Waals surface area (Å²) in [5.41, 5.74) is 2.37. The number of hydrogen-bond donors (Lipinski definition) is 2. The highest BCUT2D eigenvalue weighted by Crippen LogP contribution is 2.14. The molecule has 0 saturated carbocycles. The molecule has 0 atom stereocenters. The zero-order valence-corrected chi connectivity index (χ0v) is 12.0. The molecule has 0 aliphatic carbocycles. The summed E-state index contributed by atoms with van der Waals surface area (Å²) in [6.07, 6.45) is 0.783. The first kappa shape index (κ1) is 15.0. The summed E-state index contributed by atoms with van der Waals surface area (Å²) in [6, 6.07) is 14.8. The van der Waals surface area contributed by atoms with Gasteiger partial charge in [-0.05, 0) is 36.6 Å². The molecule has 110 valence electrons. The van der Waals surface area contributed by atoms with Crippen LogP contribution in [-0.2, 0) is 11.2 Å². The van der Waals surface area contributed by atoms with E-state index in [-0.39, 0.29) is 18.3 Å². The van der Waals surface area contributed by atoms with Gasteiger partial charge < -0.3 is 10.6 Å². The average Bonchev–Trinajstić information content (AvgIpc) is 2.47. The second-order valence-electron chi connectivity index (χ2n) is 4.92. The van der Waals surface area contributed by atoms with E-state index in [9.17, 15) is 9.18 Å². The number of carbonyl (C=O) groups excluding carboxylic acids is 1. The summed E-state index contributed by atoms with van der Waals surface area (Å²) in [4.78, 5) is 11.7. The summed E-state index contributed by atoms with van der Waals surface area (Å²) in [6.45, 7) is 2.46. The molecule has 0 fully saturated rings. The lowest BCUT2D eigenvalue weighted by Crippen LogP contribution is -2.31. The summed E-state index contributed by atoms with van der Waals surface area (Å²) in [7, 11) is 0.